The Morgan fingerprint density at radius 2 is 2.30 bits per heavy atom. The van der Waals surface area contributed by atoms with Crippen molar-refractivity contribution < 1.29 is 9.53 Å². The van der Waals surface area contributed by atoms with E-state index in [-0.39, 0.29) is 5.91 Å². The highest BCUT2D eigenvalue weighted by atomic mass is 32.1. The molecule has 1 amide bonds. The number of thiazole rings is 1. The highest BCUT2D eigenvalue weighted by Crippen LogP contribution is 2.30. The summed E-state index contributed by atoms with van der Waals surface area (Å²) in [4.78, 5) is 16.6. The normalized spacial score (nSPS) is 14.2. The lowest BCUT2D eigenvalue weighted by molar-refractivity contribution is 0.0946. The SMILES string of the molecule is CCCOCCCNC(=O)c1sc(NC2CC2)nc1N. The fourth-order valence-electron chi connectivity index (χ4n) is 1.66. The third-order valence-electron chi connectivity index (χ3n) is 2.86. The van der Waals surface area contributed by atoms with Gasteiger partial charge in [0.15, 0.2) is 5.13 Å². The molecule has 1 aromatic rings. The number of hydrogen-bond donors (Lipinski definition) is 3. The van der Waals surface area contributed by atoms with Gasteiger partial charge in [-0.15, -0.1) is 0 Å². The van der Waals surface area contributed by atoms with Crippen LogP contribution in [0, 0.1) is 0 Å². The number of rotatable bonds is 9. The van der Waals surface area contributed by atoms with Crippen LogP contribution in [0.25, 0.3) is 0 Å². The Balaban J connectivity index is 1.72. The topological polar surface area (TPSA) is 89.3 Å². The molecule has 6 nitrogen and oxygen atoms in total. The highest BCUT2D eigenvalue weighted by molar-refractivity contribution is 7.18. The summed E-state index contributed by atoms with van der Waals surface area (Å²) in [7, 11) is 0. The molecule has 20 heavy (non-hydrogen) atoms. The summed E-state index contributed by atoms with van der Waals surface area (Å²) in [6.45, 7) is 4.10. The van der Waals surface area contributed by atoms with Crippen LogP contribution >= 0.6 is 11.3 Å². The second-order valence-electron chi connectivity index (χ2n) is 4.87. The van der Waals surface area contributed by atoms with E-state index in [1.807, 2.05) is 0 Å². The van der Waals surface area contributed by atoms with Gasteiger partial charge in [-0.05, 0) is 25.7 Å². The molecule has 1 saturated carbocycles. The van der Waals surface area contributed by atoms with Crippen LogP contribution in [0.5, 0.6) is 0 Å². The van der Waals surface area contributed by atoms with Crippen molar-refractivity contribution >= 4 is 28.2 Å². The molecule has 1 fully saturated rings. The van der Waals surface area contributed by atoms with Gasteiger partial charge in [0.25, 0.3) is 5.91 Å². The molecule has 0 aliphatic heterocycles. The molecule has 4 N–H and O–H groups in total. The Morgan fingerprint density at radius 3 is 3.00 bits per heavy atom. The molecular formula is C13H22N4O2S. The van der Waals surface area contributed by atoms with E-state index in [0.717, 1.165) is 24.6 Å². The first-order valence-electron chi connectivity index (χ1n) is 7.09. The maximum Gasteiger partial charge on any atom is 0.265 e. The van der Waals surface area contributed by atoms with Gasteiger partial charge in [0.05, 0.1) is 0 Å². The second-order valence-corrected chi connectivity index (χ2v) is 5.87. The Bertz CT molecular complexity index is 446. The molecule has 0 saturated heterocycles. The number of nitrogens with two attached hydrogens (primary N) is 1. The van der Waals surface area contributed by atoms with Crippen molar-refractivity contribution in [2.45, 2.75) is 38.6 Å². The number of carbonyl (C=O) groups excluding carboxylic acids is 1. The van der Waals surface area contributed by atoms with Crippen LogP contribution in [0.1, 0.15) is 42.3 Å². The van der Waals surface area contributed by atoms with Crippen molar-refractivity contribution in [2.75, 3.05) is 30.8 Å². The van der Waals surface area contributed by atoms with E-state index in [1.165, 1.54) is 24.2 Å². The van der Waals surface area contributed by atoms with E-state index in [2.05, 4.69) is 22.5 Å². The van der Waals surface area contributed by atoms with Crippen molar-refractivity contribution in [3.63, 3.8) is 0 Å². The number of nitrogen functional groups attached to an aromatic ring is 1. The molecule has 1 aliphatic rings. The first-order valence-corrected chi connectivity index (χ1v) is 7.91. The summed E-state index contributed by atoms with van der Waals surface area (Å²) in [5.74, 6) is 0.150. The average molecular weight is 298 g/mol. The minimum Gasteiger partial charge on any atom is -0.382 e. The number of ether oxygens (including phenoxy) is 1. The average Bonchev–Trinajstić information content (AvgIpc) is 3.15. The maximum absolute atomic E-state index is 12.0. The van der Waals surface area contributed by atoms with Gasteiger partial charge < -0.3 is 21.1 Å². The summed E-state index contributed by atoms with van der Waals surface area (Å²) in [6, 6.07) is 0.507. The van der Waals surface area contributed by atoms with Crippen molar-refractivity contribution in [1.29, 1.82) is 0 Å². The number of nitrogens with one attached hydrogen (secondary N) is 2. The zero-order valence-electron chi connectivity index (χ0n) is 11.8. The number of carbonyl (C=O) groups is 1. The zero-order valence-corrected chi connectivity index (χ0v) is 12.6. The fraction of sp³-hybridized carbons (Fsp3) is 0.692. The lowest BCUT2D eigenvalue weighted by Crippen LogP contribution is -2.25. The van der Waals surface area contributed by atoms with Crippen molar-refractivity contribution in [2.24, 2.45) is 0 Å². The largest absolute Gasteiger partial charge is 0.382 e. The number of amides is 1. The van der Waals surface area contributed by atoms with Gasteiger partial charge in [0, 0.05) is 25.8 Å². The van der Waals surface area contributed by atoms with Crippen LogP contribution in [0.4, 0.5) is 10.9 Å². The van der Waals surface area contributed by atoms with E-state index in [4.69, 9.17) is 10.5 Å². The highest BCUT2D eigenvalue weighted by Gasteiger charge is 2.24. The first-order chi connectivity index (χ1) is 9.70. The number of aromatic nitrogens is 1. The molecular weight excluding hydrogens is 276 g/mol. The molecule has 0 atom stereocenters. The van der Waals surface area contributed by atoms with Crippen molar-refractivity contribution in [1.82, 2.24) is 10.3 Å². The Morgan fingerprint density at radius 1 is 1.50 bits per heavy atom. The smallest absolute Gasteiger partial charge is 0.265 e. The maximum atomic E-state index is 12.0. The van der Waals surface area contributed by atoms with Crippen LogP contribution in [0.3, 0.4) is 0 Å². The lowest BCUT2D eigenvalue weighted by atomic mass is 10.4. The predicted octanol–water partition coefficient (Wildman–Crippen LogP) is 1.85. The van der Waals surface area contributed by atoms with Crippen molar-refractivity contribution in [3.8, 4) is 0 Å². The molecule has 7 heteroatoms. The van der Waals surface area contributed by atoms with Crippen molar-refractivity contribution in [3.05, 3.63) is 4.88 Å². The van der Waals surface area contributed by atoms with E-state index in [1.54, 1.807) is 0 Å². The summed E-state index contributed by atoms with van der Waals surface area (Å²) >= 11 is 1.32. The van der Waals surface area contributed by atoms with Crippen LogP contribution in [0.15, 0.2) is 0 Å². The third kappa shape index (κ3) is 4.64. The first kappa shape index (κ1) is 15.1. The molecule has 2 rings (SSSR count). The van der Waals surface area contributed by atoms with Crippen LogP contribution in [-0.4, -0.2) is 36.7 Å². The minimum atomic E-state index is -0.153. The zero-order chi connectivity index (χ0) is 14.4. The van der Waals surface area contributed by atoms with Crippen LogP contribution in [0.2, 0.25) is 0 Å². The summed E-state index contributed by atoms with van der Waals surface area (Å²) in [6.07, 6.45) is 4.15. The Hall–Kier alpha value is -1.34. The van der Waals surface area contributed by atoms with Crippen LogP contribution < -0.4 is 16.4 Å². The molecule has 0 aromatic carbocycles. The number of anilines is 2. The van der Waals surface area contributed by atoms with Gasteiger partial charge >= 0.3 is 0 Å². The van der Waals surface area contributed by atoms with Gasteiger partial charge in [-0.3, -0.25) is 4.79 Å². The van der Waals surface area contributed by atoms with Gasteiger partial charge in [0.1, 0.15) is 10.7 Å². The monoisotopic (exact) mass is 298 g/mol. The molecule has 0 radical (unpaired) electrons. The van der Waals surface area contributed by atoms with E-state index >= 15 is 0 Å². The van der Waals surface area contributed by atoms with Gasteiger partial charge in [-0.25, -0.2) is 4.98 Å². The molecule has 1 aromatic heterocycles. The van der Waals surface area contributed by atoms with E-state index < -0.39 is 0 Å². The molecule has 1 heterocycles. The molecule has 0 bridgehead atoms. The van der Waals surface area contributed by atoms with Gasteiger partial charge in [-0.1, -0.05) is 18.3 Å². The summed E-state index contributed by atoms with van der Waals surface area (Å²) < 4.78 is 5.35. The summed E-state index contributed by atoms with van der Waals surface area (Å²) in [5, 5.41) is 6.83. The Labute approximate surface area is 123 Å². The minimum absolute atomic E-state index is 0.153. The molecule has 0 spiro atoms. The van der Waals surface area contributed by atoms with Gasteiger partial charge in [0.2, 0.25) is 0 Å². The second kappa shape index (κ2) is 7.44. The number of nitrogens with zero attached hydrogens (tertiary/aromatic N) is 1. The van der Waals surface area contributed by atoms with E-state index in [9.17, 15) is 4.79 Å². The van der Waals surface area contributed by atoms with Gasteiger partial charge in [-0.2, -0.15) is 0 Å². The fourth-order valence-corrected chi connectivity index (χ4v) is 2.54. The summed E-state index contributed by atoms with van der Waals surface area (Å²) in [5.41, 5.74) is 5.78. The molecule has 0 unspecified atom stereocenters. The van der Waals surface area contributed by atoms with E-state index in [0.29, 0.717) is 29.9 Å². The molecule has 1 aliphatic carbocycles. The quantitative estimate of drug-likeness (QED) is 0.605. The number of hydrogen-bond acceptors (Lipinski definition) is 6. The standard InChI is InChI=1S/C13H22N4O2S/c1-2-7-19-8-3-6-15-12(18)10-11(14)17-13(20-10)16-9-4-5-9/h9H,2-8,14H2,1H3,(H,15,18)(H,16,17). The third-order valence-corrected chi connectivity index (χ3v) is 3.87. The lowest BCUT2D eigenvalue weighted by Gasteiger charge is -2.04. The Kier molecular flexibility index (Phi) is 5.60. The predicted molar refractivity (Wildman–Crippen MR) is 81.2 cm³/mol. The van der Waals surface area contributed by atoms with Crippen LogP contribution in [-0.2, 0) is 4.74 Å². The molecule has 112 valence electrons.